The van der Waals surface area contributed by atoms with E-state index in [-0.39, 0.29) is 4.05 Å². The van der Waals surface area contributed by atoms with Crippen molar-refractivity contribution < 1.29 is 25.8 Å². The minimum atomic E-state index is -5.57. The van der Waals surface area contributed by atoms with Gasteiger partial charge in [0.2, 0.25) is 0 Å². The van der Waals surface area contributed by atoms with Crippen LogP contribution in [0.25, 0.3) is 0 Å². The third-order valence-electron chi connectivity index (χ3n) is 3.17. The van der Waals surface area contributed by atoms with E-state index in [1.54, 1.807) is 20.8 Å². The van der Waals surface area contributed by atoms with Crippen molar-refractivity contribution in [2.75, 3.05) is 0 Å². The molecule has 0 bridgehead atoms. The zero-order chi connectivity index (χ0) is 11.3. The topological polar surface area (TPSA) is 51.2 Å². The fraction of sp³-hybridized carbons (Fsp3) is 0.600. The van der Waals surface area contributed by atoms with E-state index >= 15 is 0 Å². The van der Waals surface area contributed by atoms with Crippen molar-refractivity contribution in [3.63, 3.8) is 0 Å². The molecule has 0 N–H and O–H groups in total. The standard InChI is InChI=1S/C10H15.3O.Re/c1-7-6-10(4,5)9(3)8(7)2;;;;/h1-5H3;;;;. The van der Waals surface area contributed by atoms with Crippen LogP contribution in [0.5, 0.6) is 0 Å². The number of rotatable bonds is 1. The Labute approximate surface area is 86.8 Å². The van der Waals surface area contributed by atoms with Gasteiger partial charge in [0.05, 0.1) is 0 Å². The van der Waals surface area contributed by atoms with Crippen LogP contribution in [0.3, 0.4) is 0 Å². The van der Waals surface area contributed by atoms with Gasteiger partial charge in [0.1, 0.15) is 0 Å². The van der Waals surface area contributed by atoms with E-state index in [1.807, 2.05) is 13.8 Å². The van der Waals surface area contributed by atoms with Crippen LogP contribution < -0.4 is 0 Å². The molecule has 0 spiro atoms. The molecule has 1 aliphatic rings. The minimum absolute atomic E-state index is 0.146. The van der Waals surface area contributed by atoms with Crippen molar-refractivity contribution in [3.8, 4) is 0 Å². The van der Waals surface area contributed by atoms with Crippen LogP contribution in [0.4, 0.5) is 0 Å². The number of allylic oxidation sites excluding steroid dienone is 4. The molecule has 0 saturated heterocycles. The Kier molecular flexibility index (Phi) is 2.50. The Morgan fingerprint density at radius 1 is 0.929 bits per heavy atom. The average Bonchev–Trinajstić information content (AvgIpc) is 2.10. The normalized spacial score (nSPS) is 22.1. The van der Waals surface area contributed by atoms with Gasteiger partial charge in [-0.3, -0.25) is 0 Å². The summed E-state index contributed by atoms with van der Waals surface area (Å²) in [6.45, 7) is 9.08. The molecular formula is C10H15O3Re. The van der Waals surface area contributed by atoms with E-state index in [9.17, 15) is 10.4 Å². The first-order chi connectivity index (χ1) is 6.10. The van der Waals surface area contributed by atoms with E-state index in [0.29, 0.717) is 5.57 Å². The molecule has 1 aliphatic carbocycles. The van der Waals surface area contributed by atoms with E-state index in [0.717, 1.165) is 11.1 Å². The fourth-order valence-corrected chi connectivity index (χ4v) is 6.36. The quantitative estimate of drug-likeness (QED) is 0.714. The summed E-state index contributed by atoms with van der Waals surface area (Å²) in [6.07, 6.45) is 0. The number of hydrogen-bond donors (Lipinski definition) is 0. The molecule has 0 aromatic carbocycles. The summed E-state index contributed by atoms with van der Waals surface area (Å²) in [5.41, 5.74) is 2.02. The summed E-state index contributed by atoms with van der Waals surface area (Å²) in [4.78, 5) is 0. The zero-order valence-corrected chi connectivity index (χ0v) is 11.8. The molecule has 1 rings (SSSR count). The predicted octanol–water partition coefficient (Wildman–Crippen LogP) is 2.83. The summed E-state index contributed by atoms with van der Waals surface area (Å²) in [7, 11) is 0. The average molecular weight is 369 g/mol. The van der Waals surface area contributed by atoms with Gasteiger partial charge >= 0.3 is 86.6 Å². The Bertz CT molecular complexity index is 482. The molecule has 14 heavy (non-hydrogen) atoms. The third-order valence-corrected chi connectivity index (χ3v) is 7.55. The second-order valence-electron chi connectivity index (χ2n) is 4.23. The van der Waals surface area contributed by atoms with Crippen molar-refractivity contribution in [2.45, 2.75) is 34.6 Å². The Balaban J connectivity index is 3.62. The van der Waals surface area contributed by atoms with Crippen molar-refractivity contribution in [1.29, 1.82) is 0 Å². The van der Waals surface area contributed by atoms with Crippen LogP contribution in [0.2, 0.25) is 0 Å². The van der Waals surface area contributed by atoms with Crippen molar-refractivity contribution in [2.24, 2.45) is 5.41 Å². The molecule has 0 saturated carbocycles. The van der Waals surface area contributed by atoms with Gasteiger partial charge in [-0.25, -0.2) is 0 Å². The van der Waals surface area contributed by atoms with Gasteiger partial charge in [-0.05, 0) is 0 Å². The Morgan fingerprint density at radius 2 is 1.36 bits per heavy atom. The molecule has 0 atom stereocenters. The molecule has 0 aromatic rings. The van der Waals surface area contributed by atoms with Gasteiger partial charge in [0, 0.05) is 0 Å². The molecule has 0 fully saturated rings. The summed E-state index contributed by atoms with van der Waals surface area (Å²) >= 11 is -5.57. The van der Waals surface area contributed by atoms with Crippen LogP contribution in [0, 0.1) is 5.41 Å². The molecule has 0 aromatic heterocycles. The molecule has 0 radical (unpaired) electrons. The maximum atomic E-state index is 11.2. The first-order valence-electron chi connectivity index (χ1n) is 4.40. The first-order valence-corrected chi connectivity index (χ1v) is 9.09. The van der Waals surface area contributed by atoms with Gasteiger partial charge in [-0.1, -0.05) is 0 Å². The van der Waals surface area contributed by atoms with Crippen LogP contribution in [0.1, 0.15) is 34.6 Å². The van der Waals surface area contributed by atoms with Crippen molar-refractivity contribution >= 4 is 0 Å². The van der Waals surface area contributed by atoms with E-state index in [4.69, 9.17) is 0 Å². The van der Waals surface area contributed by atoms with Crippen LogP contribution >= 0.6 is 0 Å². The molecular weight excluding hydrogens is 354 g/mol. The van der Waals surface area contributed by atoms with Crippen molar-refractivity contribution in [1.82, 2.24) is 0 Å². The third kappa shape index (κ3) is 1.47. The second-order valence-corrected chi connectivity index (χ2v) is 8.61. The van der Waals surface area contributed by atoms with Crippen LogP contribution in [-0.4, -0.2) is 0 Å². The SMILES string of the molecule is CC1=C(C)C(C)(C)[C]([Re](=[O])(=[O])=[O])=C1C. The van der Waals surface area contributed by atoms with Gasteiger partial charge in [0.25, 0.3) is 0 Å². The van der Waals surface area contributed by atoms with Crippen LogP contribution in [-0.2, 0) is 25.8 Å². The molecule has 0 amide bonds. The second kappa shape index (κ2) is 3.01. The van der Waals surface area contributed by atoms with Gasteiger partial charge in [-0.2, -0.15) is 0 Å². The summed E-state index contributed by atoms with van der Waals surface area (Å²) in [6, 6.07) is 0. The van der Waals surface area contributed by atoms with Crippen molar-refractivity contribution in [3.05, 3.63) is 20.8 Å². The molecule has 3 nitrogen and oxygen atoms in total. The molecule has 80 valence electrons. The fourth-order valence-electron chi connectivity index (χ4n) is 2.01. The van der Waals surface area contributed by atoms with Gasteiger partial charge < -0.3 is 0 Å². The number of hydrogen-bond acceptors (Lipinski definition) is 3. The van der Waals surface area contributed by atoms with E-state index in [2.05, 4.69) is 0 Å². The molecule has 0 unspecified atom stereocenters. The van der Waals surface area contributed by atoms with E-state index < -0.39 is 20.8 Å². The Hall–Kier alpha value is -0.458. The summed E-state index contributed by atoms with van der Waals surface area (Å²) in [5.74, 6) is 0. The molecule has 0 aliphatic heterocycles. The molecule has 4 heteroatoms. The van der Waals surface area contributed by atoms with Crippen LogP contribution in [0.15, 0.2) is 20.8 Å². The summed E-state index contributed by atoms with van der Waals surface area (Å²) < 4.78 is 33.8. The first kappa shape index (κ1) is 11.6. The predicted molar refractivity (Wildman–Crippen MR) is 46.9 cm³/mol. The zero-order valence-electron chi connectivity index (χ0n) is 9.10. The Morgan fingerprint density at radius 3 is 1.50 bits per heavy atom. The summed E-state index contributed by atoms with van der Waals surface area (Å²) in [5, 5.41) is 0. The van der Waals surface area contributed by atoms with Gasteiger partial charge in [-0.15, -0.1) is 0 Å². The van der Waals surface area contributed by atoms with E-state index in [1.165, 1.54) is 0 Å². The van der Waals surface area contributed by atoms with Gasteiger partial charge in [0.15, 0.2) is 0 Å². The monoisotopic (exact) mass is 370 g/mol. The maximum absolute atomic E-state index is 11.2. The molecule has 0 heterocycles.